The average Bonchev–Trinajstić information content (AvgIpc) is 3.44. The van der Waals surface area contributed by atoms with Crippen LogP contribution in [0.4, 0.5) is 0 Å². The minimum absolute atomic E-state index is 0.270. The van der Waals surface area contributed by atoms with Gasteiger partial charge in [0.25, 0.3) is 5.91 Å². The third kappa shape index (κ3) is 3.42. The van der Waals surface area contributed by atoms with E-state index in [4.69, 9.17) is 5.10 Å². The molecule has 1 heterocycles. The Labute approximate surface area is 174 Å². The Bertz CT molecular complexity index is 1230. The number of rotatable bonds is 4. The van der Waals surface area contributed by atoms with E-state index in [1.54, 1.807) is 10.9 Å². The summed E-state index contributed by atoms with van der Waals surface area (Å²) in [4.78, 5) is 13.1. The molecule has 0 saturated heterocycles. The predicted octanol–water partition coefficient (Wildman–Crippen LogP) is 4.62. The van der Waals surface area contributed by atoms with Crippen molar-refractivity contribution in [2.24, 2.45) is 5.10 Å². The van der Waals surface area contributed by atoms with E-state index in [1.807, 2.05) is 72.8 Å². The molecule has 0 radical (unpaired) electrons. The molecule has 0 aliphatic heterocycles. The van der Waals surface area contributed by atoms with Gasteiger partial charge in [0.05, 0.1) is 17.0 Å². The molecule has 5 heteroatoms. The molecule has 30 heavy (non-hydrogen) atoms. The van der Waals surface area contributed by atoms with Gasteiger partial charge in [0.15, 0.2) is 0 Å². The fourth-order valence-electron chi connectivity index (χ4n) is 3.76. The van der Waals surface area contributed by atoms with Gasteiger partial charge in [0.2, 0.25) is 0 Å². The lowest BCUT2D eigenvalue weighted by molar-refractivity contribution is 0.0955. The molecule has 4 aromatic rings. The van der Waals surface area contributed by atoms with Gasteiger partial charge in [-0.05, 0) is 30.5 Å². The predicted molar refractivity (Wildman–Crippen MR) is 118 cm³/mol. The number of aryl methyl sites for hydroxylation is 1. The number of carbonyl (C=O) groups is 1. The maximum atomic E-state index is 13.1. The van der Waals surface area contributed by atoms with Gasteiger partial charge >= 0.3 is 0 Å². The van der Waals surface area contributed by atoms with E-state index in [1.165, 1.54) is 5.56 Å². The first-order valence-corrected chi connectivity index (χ1v) is 9.95. The number of hydrogen-bond donors (Lipinski definition) is 1. The highest BCUT2D eigenvalue weighted by Crippen LogP contribution is 2.24. The van der Waals surface area contributed by atoms with E-state index >= 15 is 0 Å². The molecule has 1 N–H and O–H groups in total. The number of amides is 1. The summed E-state index contributed by atoms with van der Waals surface area (Å²) in [5, 5.41) is 9.13. The topological polar surface area (TPSA) is 59.3 Å². The zero-order valence-electron chi connectivity index (χ0n) is 16.3. The first kappa shape index (κ1) is 18.1. The van der Waals surface area contributed by atoms with Crippen molar-refractivity contribution in [3.8, 4) is 16.9 Å². The normalized spacial score (nSPS) is 13.9. The Morgan fingerprint density at radius 2 is 1.57 bits per heavy atom. The fraction of sp³-hybridized carbons (Fsp3) is 0.0800. The van der Waals surface area contributed by atoms with Crippen molar-refractivity contribution in [1.29, 1.82) is 0 Å². The van der Waals surface area contributed by atoms with Gasteiger partial charge in [0.1, 0.15) is 5.69 Å². The highest BCUT2D eigenvalue weighted by atomic mass is 16.2. The number of nitrogens with zero attached hydrogens (tertiary/aromatic N) is 3. The maximum Gasteiger partial charge on any atom is 0.275 e. The third-order valence-electron chi connectivity index (χ3n) is 5.28. The van der Waals surface area contributed by atoms with Crippen molar-refractivity contribution >= 4 is 11.6 Å². The Kier molecular flexibility index (Phi) is 4.69. The molecule has 0 saturated carbocycles. The second kappa shape index (κ2) is 7.79. The van der Waals surface area contributed by atoms with Gasteiger partial charge < -0.3 is 0 Å². The number of fused-ring (bicyclic) bond motifs is 1. The highest BCUT2D eigenvalue weighted by Gasteiger charge is 2.20. The van der Waals surface area contributed by atoms with Crippen molar-refractivity contribution in [3.63, 3.8) is 0 Å². The van der Waals surface area contributed by atoms with Crippen LogP contribution in [0.5, 0.6) is 0 Å². The van der Waals surface area contributed by atoms with Gasteiger partial charge in [-0.3, -0.25) is 4.79 Å². The fourth-order valence-corrected chi connectivity index (χ4v) is 3.76. The first-order chi connectivity index (χ1) is 14.8. The number of benzene rings is 3. The van der Waals surface area contributed by atoms with Gasteiger partial charge in [-0.25, -0.2) is 10.1 Å². The molecule has 0 fully saturated rings. The Hall–Kier alpha value is -3.99. The minimum atomic E-state index is -0.270. The van der Waals surface area contributed by atoms with E-state index in [0.29, 0.717) is 11.3 Å². The van der Waals surface area contributed by atoms with Crippen LogP contribution < -0.4 is 5.43 Å². The molecular weight excluding hydrogens is 372 g/mol. The van der Waals surface area contributed by atoms with Crippen LogP contribution in [-0.4, -0.2) is 21.4 Å². The Morgan fingerprint density at radius 3 is 2.37 bits per heavy atom. The summed E-state index contributed by atoms with van der Waals surface area (Å²) in [6.07, 6.45) is 3.54. The lowest BCUT2D eigenvalue weighted by Crippen LogP contribution is -2.19. The van der Waals surface area contributed by atoms with Crippen molar-refractivity contribution in [1.82, 2.24) is 15.2 Å². The number of carbonyl (C=O) groups excluding carboxylic acids is 1. The summed E-state index contributed by atoms with van der Waals surface area (Å²) in [6, 6.07) is 27.7. The monoisotopic (exact) mass is 392 g/mol. The molecule has 3 aromatic carbocycles. The van der Waals surface area contributed by atoms with Crippen LogP contribution >= 0.6 is 0 Å². The molecule has 1 aromatic heterocycles. The standard InChI is InChI=1S/C25H20N4O/c30-25(27-26-23-16-15-18-9-7-8-14-21(18)23)22-17-29(20-12-5-2-6-13-20)28-24(22)19-10-3-1-4-11-19/h1-14,17H,15-16H2,(H,27,30)/b26-23-. The minimum Gasteiger partial charge on any atom is -0.267 e. The van der Waals surface area contributed by atoms with E-state index < -0.39 is 0 Å². The summed E-state index contributed by atoms with van der Waals surface area (Å²) in [5.74, 6) is -0.270. The SMILES string of the molecule is O=C(N/N=C1/CCc2ccccc21)c1cn(-c2ccccc2)nc1-c1ccccc1. The number of nitrogens with one attached hydrogen (secondary N) is 1. The van der Waals surface area contributed by atoms with Crippen LogP contribution in [0.3, 0.4) is 0 Å². The molecule has 1 aliphatic rings. The van der Waals surface area contributed by atoms with Crippen LogP contribution in [0.15, 0.2) is 96.2 Å². The van der Waals surface area contributed by atoms with Crippen molar-refractivity contribution in [3.05, 3.63) is 108 Å². The zero-order valence-corrected chi connectivity index (χ0v) is 16.3. The maximum absolute atomic E-state index is 13.1. The van der Waals surface area contributed by atoms with E-state index in [9.17, 15) is 4.79 Å². The van der Waals surface area contributed by atoms with Gasteiger partial charge in [0, 0.05) is 17.3 Å². The van der Waals surface area contributed by atoms with E-state index in [0.717, 1.165) is 35.4 Å². The second-order valence-electron chi connectivity index (χ2n) is 7.19. The summed E-state index contributed by atoms with van der Waals surface area (Å²) >= 11 is 0. The molecule has 146 valence electrons. The zero-order chi connectivity index (χ0) is 20.3. The third-order valence-corrected chi connectivity index (χ3v) is 5.28. The van der Waals surface area contributed by atoms with Crippen LogP contribution in [0, 0.1) is 0 Å². The number of hydrogen-bond acceptors (Lipinski definition) is 3. The summed E-state index contributed by atoms with van der Waals surface area (Å²) in [6.45, 7) is 0. The van der Waals surface area contributed by atoms with E-state index in [-0.39, 0.29) is 5.91 Å². The molecule has 0 unspecified atom stereocenters. The number of aromatic nitrogens is 2. The molecular formula is C25H20N4O. The number of hydrazone groups is 1. The Morgan fingerprint density at radius 1 is 0.867 bits per heavy atom. The van der Waals surface area contributed by atoms with Crippen LogP contribution in [0.25, 0.3) is 16.9 Å². The molecule has 5 nitrogen and oxygen atoms in total. The number of para-hydroxylation sites is 1. The molecule has 0 bridgehead atoms. The van der Waals surface area contributed by atoms with Crippen molar-refractivity contribution < 1.29 is 4.79 Å². The second-order valence-corrected chi connectivity index (χ2v) is 7.19. The molecule has 0 spiro atoms. The largest absolute Gasteiger partial charge is 0.275 e. The van der Waals surface area contributed by atoms with Crippen LogP contribution in [0.2, 0.25) is 0 Å². The molecule has 5 rings (SSSR count). The van der Waals surface area contributed by atoms with Crippen molar-refractivity contribution in [2.75, 3.05) is 0 Å². The lowest BCUT2D eigenvalue weighted by Gasteiger charge is -2.03. The molecule has 0 atom stereocenters. The summed E-state index contributed by atoms with van der Waals surface area (Å²) < 4.78 is 1.73. The van der Waals surface area contributed by atoms with Gasteiger partial charge in [-0.2, -0.15) is 10.2 Å². The van der Waals surface area contributed by atoms with Crippen molar-refractivity contribution in [2.45, 2.75) is 12.8 Å². The first-order valence-electron chi connectivity index (χ1n) is 9.95. The summed E-state index contributed by atoms with van der Waals surface area (Å²) in [7, 11) is 0. The Balaban J connectivity index is 1.49. The average molecular weight is 392 g/mol. The van der Waals surface area contributed by atoms with Gasteiger partial charge in [-0.15, -0.1) is 0 Å². The van der Waals surface area contributed by atoms with Gasteiger partial charge in [-0.1, -0.05) is 72.8 Å². The van der Waals surface area contributed by atoms with E-state index in [2.05, 4.69) is 22.7 Å². The lowest BCUT2D eigenvalue weighted by atomic mass is 10.1. The molecule has 1 aliphatic carbocycles. The van der Waals surface area contributed by atoms with Crippen LogP contribution in [0.1, 0.15) is 27.9 Å². The summed E-state index contributed by atoms with van der Waals surface area (Å²) in [5.41, 5.74) is 8.94. The van der Waals surface area contributed by atoms with Crippen LogP contribution in [-0.2, 0) is 6.42 Å². The smallest absolute Gasteiger partial charge is 0.267 e. The molecule has 1 amide bonds. The quantitative estimate of drug-likeness (QED) is 0.515. The highest BCUT2D eigenvalue weighted by molar-refractivity contribution is 6.06.